The number of para-hydroxylation sites is 2. The van der Waals surface area contributed by atoms with E-state index in [2.05, 4.69) is 20.3 Å². The molecule has 1 atom stereocenters. The number of fused-ring (bicyclic) bond motifs is 1. The van der Waals surface area contributed by atoms with E-state index in [0.29, 0.717) is 30.4 Å². The number of hydrogen-bond acceptors (Lipinski definition) is 5. The molecule has 2 aromatic heterocycles. The van der Waals surface area contributed by atoms with E-state index in [1.807, 2.05) is 54.6 Å². The Morgan fingerprint density at radius 2 is 1.88 bits per heavy atom. The van der Waals surface area contributed by atoms with Crippen LogP contribution in [0.4, 0.5) is 5.69 Å². The monoisotopic (exact) mass is 345 g/mol. The second-order valence-corrected chi connectivity index (χ2v) is 6.32. The molecule has 1 aliphatic rings. The molecule has 128 valence electrons. The number of H-pyrrole nitrogens is 1. The Kier molecular flexibility index (Phi) is 3.31. The van der Waals surface area contributed by atoms with Gasteiger partial charge in [-0.05, 0) is 18.2 Å². The highest BCUT2D eigenvalue weighted by molar-refractivity contribution is 5.96. The highest BCUT2D eigenvalue weighted by atomic mass is 16.5. The first-order chi connectivity index (χ1) is 12.8. The second kappa shape index (κ2) is 5.80. The molecule has 0 saturated carbocycles. The van der Waals surface area contributed by atoms with E-state index >= 15 is 0 Å². The number of aromatic amines is 1. The molecule has 1 aliphatic heterocycles. The number of hydrogen-bond donors (Lipinski definition) is 1. The number of nitrogens with one attached hydrogen (secondary N) is 1. The molecular formula is C19H15N5O2. The topological polar surface area (TPSA) is 87.9 Å². The highest BCUT2D eigenvalue weighted by Crippen LogP contribution is 2.32. The fraction of sp³-hybridized carbons (Fsp3) is 0.158. The van der Waals surface area contributed by atoms with Crippen LogP contribution in [0, 0.1) is 0 Å². The van der Waals surface area contributed by atoms with Gasteiger partial charge in [0, 0.05) is 30.0 Å². The van der Waals surface area contributed by atoms with E-state index < -0.39 is 0 Å². The summed E-state index contributed by atoms with van der Waals surface area (Å²) in [5.41, 5.74) is 2.43. The maximum atomic E-state index is 12.4. The zero-order valence-corrected chi connectivity index (χ0v) is 13.8. The number of nitrogens with zero attached hydrogens (tertiary/aromatic N) is 4. The first-order valence-electron chi connectivity index (χ1n) is 8.42. The summed E-state index contributed by atoms with van der Waals surface area (Å²) in [5.74, 6) is 0.880. The molecule has 7 nitrogen and oxygen atoms in total. The average Bonchev–Trinajstić information content (AvgIpc) is 3.39. The molecule has 1 saturated heterocycles. The zero-order chi connectivity index (χ0) is 17.5. The van der Waals surface area contributed by atoms with Gasteiger partial charge in [0.15, 0.2) is 11.5 Å². The summed E-state index contributed by atoms with van der Waals surface area (Å²) in [6, 6.07) is 17.4. The third-order valence-corrected chi connectivity index (χ3v) is 4.67. The summed E-state index contributed by atoms with van der Waals surface area (Å²) in [6.45, 7) is 0.545. The lowest BCUT2D eigenvalue weighted by Crippen LogP contribution is -2.24. The molecule has 4 aromatic rings. The van der Waals surface area contributed by atoms with Gasteiger partial charge in [-0.1, -0.05) is 41.6 Å². The Bertz CT molecular complexity index is 1090. The summed E-state index contributed by atoms with van der Waals surface area (Å²) >= 11 is 0. The van der Waals surface area contributed by atoms with Gasteiger partial charge in [0.25, 0.3) is 5.89 Å². The minimum Gasteiger partial charge on any atom is -0.332 e. The Morgan fingerprint density at radius 3 is 2.77 bits per heavy atom. The molecular weight excluding hydrogens is 330 g/mol. The number of amides is 1. The van der Waals surface area contributed by atoms with Crippen molar-refractivity contribution in [3.8, 4) is 11.6 Å². The van der Waals surface area contributed by atoms with Crippen LogP contribution in [-0.4, -0.2) is 32.8 Å². The average molecular weight is 345 g/mol. The molecule has 0 aliphatic carbocycles. The second-order valence-electron chi connectivity index (χ2n) is 6.32. The van der Waals surface area contributed by atoms with Crippen LogP contribution in [0.2, 0.25) is 0 Å². The Labute approximate surface area is 148 Å². The van der Waals surface area contributed by atoms with Crippen LogP contribution in [0.5, 0.6) is 0 Å². The van der Waals surface area contributed by atoms with Crippen LogP contribution in [0.25, 0.3) is 22.5 Å². The lowest BCUT2D eigenvalue weighted by atomic mass is 10.1. The van der Waals surface area contributed by atoms with Crippen molar-refractivity contribution < 1.29 is 9.32 Å². The first kappa shape index (κ1) is 14.8. The van der Waals surface area contributed by atoms with Crippen LogP contribution in [0.1, 0.15) is 18.2 Å². The van der Waals surface area contributed by atoms with Crippen molar-refractivity contribution in [1.82, 2.24) is 20.3 Å². The van der Waals surface area contributed by atoms with Crippen LogP contribution in [0.15, 0.2) is 59.1 Å². The number of carbonyl (C=O) groups is 1. The molecule has 0 bridgehead atoms. The van der Waals surface area contributed by atoms with Crippen LogP contribution in [0.3, 0.4) is 0 Å². The van der Waals surface area contributed by atoms with Crippen molar-refractivity contribution in [2.75, 3.05) is 11.4 Å². The standard InChI is InChI=1S/C19H15N5O2/c25-16-10-12(11-24(16)13-6-2-1-3-7-13)18-20-19(26-23-18)17-14-8-4-5-9-15(14)21-22-17/h1-9,12H,10-11H2,(H,21,22). The quantitative estimate of drug-likeness (QED) is 0.616. The highest BCUT2D eigenvalue weighted by Gasteiger charge is 2.34. The van der Waals surface area contributed by atoms with Crippen molar-refractivity contribution in [3.63, 3.8) is 0 Å². The summed E-state index contributed by atoms with van der Waals surface area (Å²) in [6.07, 6.45) is 0.370. The smallest absolute Gasteiger partial charge is 0.279 e. The molecule has 0 spiro atoms. The normalized spacial score (nSPS) is 17.3. The molecule has 3 heterocycles. The van der Waals surface area contributed by atoms with E-state index in [0.717, 1.165) is 16.6 Å². The fourth-order valence-electron chi connectivity index (χ4n) is 3.36. The van der Waals surface area contributed by atoms with Gasteiger partial charge in [0.2, 0.25) is 5.91 Å². The minimum absolute atomic E-state index is 0.0674. The molecule has 1 fully saturated rings. The van der Waals surface area contributed by atoms with E-state index in [1.54, 1.807) is 4.90 Å². The first-order valence-corrected chi connectivity index (χ1v) is 8.42. The van der Waals surface area contributed by atoms with Gasteiger partial charge in [-0.3, -0.25) is 9.89 Å². The van der Waals surface area contributed by atoms with Crippen molar-refractivity contribution in [2.24, 2.45) is 0 Å². The van der Waals surface area contributed by atoms with Crippen molar-refractivity contribution >= 4 is 22.5 Å². The number of carbonyl (C=O) groups excluding carboxylic acids is 1. The Morgan fingerprint density at radius 1 is 1.08 bits per heavy atom. The number of benzene rings is 2. The Balaban J connectivity index is 1.43. The zero-order valence-electron chi connectivity index (χ0n) is 13.8. The minimum atomic E-state index is -0.0922. The van der Waals surface area contributed by atoms with E-state index in [4.69, 9.17) is 4.52 Å². The van der Waals surface area contributed by atoms with Crippen molar-refractivity contribution in [1.29, 1.82) is 0 Å². The van der Waals surface area contributed by atoms with Crippen LogP contribution >= 0.6 is 0 Å². The summed E-state index contributed by atoms with van der Waals surface area (Å²) in [7, 11) is 0. The van der Waals surface area contributed by atoms with E-state index in [9.17, 15) is 4.79 Å². The van der Waals surface area contributed by atoms with Crippen molar-refractivity contribution in [2.45, 2.75) is 12.3 Å². The van der Waals surface area contributed by atoms with Crippen molar-refractivity contribution in [3.05, 3.63) is 60.4 Å². The van der Waals surface area contributed by atoms with Gasteiger partial charge in [0.1, 0.15) is 0 Å². The summed E-state index contributed by atoms with van der Waals surface area (Å²) in [5, 5.41) is 12.3. The van der Waals surface area contributed by atoms with Gasteiger partial charge in [-0.15, -0.1) is 0 Å². The molecule has 1 N–H and O–H groups in total. The fourth-order valence-corrected chi connectivity index (χ4v) is 3.36. The largest absolute Gasteiger partial charge is 0.332 e. The molecule has 0 radical (unpaired) electrons. The summed E-state index contributed by atoms with van der Waals surface area (Å²) < 4.78 is 5.43. The predicted octanol–water partition coefficient (Wildman–Crippen LogP) is 3.13. The SMILES string of the molecule is O=C1CC(c2noc(-c3n[nH]c4ccccc34)n2)CN1c1ccccc1. The number of rotatable bonds is 3. The number of aromatic nitrogens is 4. The van der Waals surface area contributed by atoms with E-state index in [1.165, 1.54) is 0 Å². The van der Waals surface area contributed by atoms with E-state index in [-0.39, 0.29) is 11.8 Å². The Hall–Kier alpha value is -3.48. The molecule has 5 rings (SSSR count). The maximum absolute atomic E-state index is 12.4. The lowest BCUT2D eigenvalue weighted by Gasteiger charge is -2.15. The van der Waals surface area contributed by atoms with Gasteiger partial charge in [-0.2, -0.15) is 10.1 Å². The number of anilines is 1. The maximum Gasteiger partial charge on any atom is 0.279 e. The van der Waals surface area contributed by atoms with Gasteiger partial charge in [-0.25, -0.2) is 0 Å². The molecule has 7 heteroatoms. The van der Waals surface area contributed by atoms with Gasteiger partial charge >= 0.3 is 0 Å². The van der Waals surface area contributed by atoms with Gasteiger partial charge < -0.3 is 9.42 Å². The van der Waals surface area contributed by atoms with Crippen LogP contribution in [-0.2, 0) is 4.79 Å². The molecule has 26 heavy (non-hydrogen) atoms. The molecule has 1 amide bonds. The third kappa shape index (κ3) is 2.36. The molecule has 1 unspecified atom stereocenters. The third-order valence-electron chi connectivity index (χ3n) is 4.67. The summed E-state index contributed by atoms with van der Waals surface area (Å²) in [4.78, 5) is 18.7. The lowest BCUT2D eigenvalue weighted by molar-refractivity contribution is -0.117. The van der Waals surface area contributed by atoms with Crippen LogP contribution < -0.4 is 4.90 Å². The predicted molar refractivity (Wildman–Crippen MR) is 95.5 cm³/mol. The molecule has 2 aromatic carbocycles. The van der Waals surface area contributed by atoms with Gasteiger partial charge in [0.05, 0.1) is 5.52 Å².